The van der Waals surface area contributed by atoms with Crippen molar-refractivity contribution in [2.24, 2.45) is 11.3 Å². The van der Waals surface area contributed by atoms with E-state index >= 15 is 0 Å². The number of hydrogen-bond donors (Lipinski definition) is 1. The number of carbonyl (C=O) groups excluding carboxylic acids is 2. The number of carbonyl (C=O) groups is 3. The Morgan fingerprint density at radius 2 is 1.96 bits per heavy atom. The lowest BCUT2D eigenvalue weighted by Crippen LogP contribution is -2.47. The monoisotopic (exact) mass is 375 g/mol. The van der Waals surface area contributed by atoms with Crippen LogP contribution >= 0.6 is 0 Å². The fourth-order valence-corrected chi connectivity index (χ4v) is 3.29. The summed E-state index contributed by atoms with van der Waals surface area (Å²) in [5, 5.41) is 9.71. The quantitative estimate of drug-likeness (QED) is 0.740. The summed E-state index contributed by atoms with van der Waals surface area (Å²) in [4.78, 5) is 43.7. The van der Waals surface area contributed by atoms with E-state index in [1.807, 2.05) is 26.0 Å². The molecule has 1 aliphatic rings. The smallest absolute Gasteiger partial charge is 0.328 e. The number of carboxylic acids is 1. The number of pyridine rings is 1. The summed E-state index contributed by atoms with van der Waals surface area (Å²) in [5.41, 5.74) is 1.47. The first-order valence-corrected chi connectivity index (χ1v) is 9.26. The summed E-state index contributed by atoms with van der Waals surface area (Å²) in [5.74, 6) is -1.72. The van der Waals surface area contributed by atoms with Crippen LogP contribution in [0.3, 0.4) is 0 Å². The molecule has 148 valence electrons. The van der Waals surface area contributed by atoms with Crippen molar-refractivity contribution in [3.8, 4) is 0 Å². The Hall–Kier alpha value is -2.44. The van der Waals surface area contributed by atoms with Gasteiger partial charge in [-0.3, -0.25) is 14.7 Å². The van der Waals surface area contributed by atoms with Crippen LogP contribution in [0.25, 0.3) is 0 Å². The van der Waals surface area contributed by atoms with E-state index in [2.05, 4.69) is 25.8 Å². The van der Waals surface area contributed by atoms with Gasteiger partial charge in [-0.15, -0.1) is 0 Å². The van der Waals surface area contributed by atoms with Crippen LogP contribution < -0.4 is 0 Å². The molecule has 27 heavy (non-hydrogen) atoms. The summed E-state index contributed by atoms with van der Waals surface area (Å²) in [6.07, 6.45) is 1.50. The Kier molecular flexibility index (Phi) is 6.23. The normalized spacial score (nSPS) is 17.4. The van der Waals surface area contributed by atoms with Crippen molar-refractivity contribution in [3.63, 3.8) is 0 Å². The summed E-state index contributed by atoms with van der Waals surface area (Å²) in [7, 11) is 0. The van der Waals surface area contributed by atoms with Gasteiger partial charge < -0.3 is 10.0 Å². The number of rotatable bonds is 7. The number of aryl methyl sites for hydroxylation is 1. The average Bonchev–Trinajstić information content (AvgIpc) is 2.80. The number of amides is 3. The SMILES string of the molecule is Cc1cccc(CN2C(=O)CN([C@H](C(=O)O)[C@@H](C)CCC(C)(C)C)C2=O)n1. The lowest BCUT2D eigenvalue weighted by atomic mass is 9.84. The molecular formula is C20H29N3O4. The van der Waals surface area contributed by atoms with Crippen LogP contribution in [0.1, 0.15) is 51.9 Å². The van der Waals surface area contributed by atoms with Crippen LogP contribution in [0.5, 0.6) is 0 Å². The van der Waals surface area contributed by atoms with E-state index in [-0.39, 0.29) is 24.4 Å². The molecule has 0 spiro atoms. The van der Waals surface area contributed by atoms with Crippen LogP contribution in [-0.4, -0.2) is 50.4 Å². The standard InChI is InChI=1S/C20H29N3O4/c1-13(9-10-20(3,4)5)17(18(25)26)23-12-16(24)22(19(23)27)11-15-8-6-7-14(2)21-15/h6-8,13,17H,9-12H2,1-5H3,(H,25,26)/t13-,17-/m0/s1. The third-order valence-corrected chi connectivity index (χ3v) is 4.83. The largest absolute Gasteiger partial charge is 0.480 e. The minimum absolute atomic E-state index is 0.0541. The van der Waals surface area contributed by atoms with Gasteiger partial charge in [0.15, 0.2) is 0 Å². The van der Waals surface area contributed by atoms with Crippen LogP contribution in [0.15, 0.2) is 18.2 Å². The van der Waals surface area contributed by atoms with E-state index in [0.717, 1.165) is 17.0 Å². The second kappa shape index (κ2) is 8.06. The predicted octanol–water partition coefficient (Wildman–Crippen LogP) is 3.07. The molecule has 0 aromatic carbocycles. The molecule has 1 aromatic heterocycles. The molecular weight excluding hydrogens is 346 g/mol. The van der Waals surface area contributed by atoms with Gasteiger partial charge in [0.2, 0.25) is 0 Å². The summed E-state index contributed by atoms with van der Waals surface area (Å²) < 4.78 is 0. The summed E-state index contributed by atoms with van der Waals surface area (Å²) >= 11 is 0. The van der Waals surface area contributed by atoms with Gasteiger partial charge in [0.25, 0.3) is 5.91 Å². The number of carboxylic acid groups (broad SMARTS) is 1. The topological polar surface area (TPSA) is 90.8 Å². The molecule has 0 unspecified atom stereocenters. The Balaban J connectivity index is 2.15. The van der Waals surface area contributed by atoms with E-state index in [1.54, 1.807) is 6.07 Å². The van der Waals surface area contributed by atoms with Crippen LogP contribution in [0.2, 0.25) is 0 Å². The van der Waals surface area contributed by atoms with Gasteiger partial charge in [0.1, 0.15) is 12.6 Å². The number of aliphatic carboxylic acids is 1. The van der Waals surface area contributed by atoms with Gasteiger partial charge in [-0.1, -0.05) is 33.8 Å². The van der Waals surface area contributed by atoms with E-state index in [0.29, 0.717) is 12.1 Å². The van der Waals surface area contributed by atoms with Crippen molar-refractivity contribution < 1.29 is 19.5 Å². The number of aromatic nitrogens is 1. The minimum Gasteiger partial charge on any atom is -0.480 e. The highest BCUT2D eigenvalue weighted by Crippen LogP contribution is 2.28. The molecule has 0 radical (unpaired) electrons. The van der Waals surface area contributed by atoms with E-state index in [9.17, 15) is 19.5 Å². The molecule has 0 aliphatic carbocycles. The maximum absolute atomic E-state index is 12.8. The second-order valence-electron chi connectivity index (χ2n) is 8.52. The van der Waals surface area contributed by atoms with E-state index in [1.165, 1.54) is 4.90 Å². The molecule has 1 aromatic rings. The third kappa shape index (κ3) is 5.28. The molecule has 1 fully saturated rings. The van der Waals surface area contributed by atoms with Crippen molar-refractivity contribution in [2.75, 3.05) is 6.54 Å². The Morgan fingerprint density at radius 3 is 2.52 bits per heavy atom. The van der Waals surface area contributed by atoms with Crippen molar-refractivity contribution in [2.45, 2.75) is 60.0 Å². The molecule has 1 aliphatic heterocycles. The number of nitrogens with zero attached hydrogens (tertiary/aromatic N) is 3. The Labute approximate surface area is 160 Å². The molecule has 0 bridgehead atoms. The van der Waals surface area contributed by atoms with Gasteiger partial charge in [-0.05, 0) is 43.2 Å². The molecule has 7 heteroatoms. The third-order valence-electron chi connectivity index (χ3n) is 4.83. The Bertz CT molecular complexity index is 726. The molecule has 2 heterocycles. The Morgan fingerprint density at radius 1 is 1.30 bits per heavy atom. The minimum atomic E-state index is -1.08. The number of imide groups is 1. The highest BCUT2D eigenvalue weighted by molar-refractivity contribution is 6.03. The first-order valence-electron chi connectivity index (χ1n) is 9.26. The zero-order valence-electron chi connectivity index (χ0n) is 16.7. The van der Waals surface area contributed by atoms with Gasteiger partial charge in [-0.25, -0.2) is 9.59 Å². The first kappa shape index (κ1) is 20.9. The lowest BCUT2D eigenvalue weighted by molar-refractivity contribution is -0.144. The highest BCUT2D eigenvalue weighted by atomic mass is 16.4. The summed E-state index contributed by atoms with van der Waals surface area (Å²) in [6.45, 7) is 9.79. The van der Waals surface area contributed by atoms with Gasteiger partial charge in [0, 0.05) is 5.69 Å². The first-order chi connectivity index (χ1) is 12.5. The molecule has 1 N–H and O–H groups in total. The molecule has 0 saturated carbocycles. The van der Waals surface area contributed by atoms with Crippen LogP contribution in [-0.2, 0) is 16.1 Å². The average molecular weight is 375 g/mol. The fourth-order valence-electron chi connectivity index (χ4n) is 3.29. The number of urea groups is 1. The molecule has 2 rings (SSSR count). The van der Waals surface area contributed by atoms with Gasteiger partial charge in [-0.2, -0.15) is 0 Å². The maximum Gasteiger partial charge on any atom is 0.328 e. The van der Waals surface area contributed by atoms with Crippen molar-refractivity contribution >= 4 is 17.9 Å². The number of hydrogen-bond acceptors (Lipinski definition) is 4. The highest BCUT2D eigenvalue weighted by Gasteiger charge is 2.44. The van der Waals surface area contributed by atoms with Crippen LogP contribution in [0, 0.1) is 18.3 Å². The van der Waals surface area contributed by atoms with Gasteiger partial charge >= 0.3 is 12.0 Å². The van der Waals surface area contributed by atoms with Crippen molar-refractivity contribution in [1.29, 1.82) is 0 Å². The van der Waals surface area contributed by atoms with Crippen molar-refractivity contribution in [3.05, 3.63) is 29.6 Å². The van der Waals surface area contributed by atoms with Crippen molar-refractivity contribution in [1.82, 2.24) is 14.8 Å². The fraction of sp³-hybridized carbons (Fsp3) is 0.600. The molecule has 3 amide bonds. The lowest BCUT2D eigenvalue weighted by Gasteiger charge is -2.30. The summed E-state index contributed by atoms with van der Waals surface area (Å²) in [6, 6.07) is 3.82. The van der Waals surface area contributed by atoms with Gasteiger partial charge in [0.05, 0.1) is 12.2 Å². The molecule has 7 nitrogen and oxygen atoms in total. The molecule has 1 saturated heterocycles. The zero-order valence-corrected chi connectivity index (χ0v) is 16.7. The second-order valence-corrected chi connectivity index (χ2v) is 8.52. The van der Waals surface area contributed by atoms with E-state index < -0.39 is 23.9 Å². The zero-order chi connectivity index (χ0) is 20.4. The molecule has 2 atom stereocenters. The maximum atomic E-state index is 12.8. The van der Waals surface area contributed by atoms with E-state index in [4.69, 9.17) is 0 Å². The van der Waals surface area contributed by atoms with Crippen LogP contribution in [0.4, 0.5) is 4.79 Å². The predicted molar refractivity (Wildman–Crippen MR) is 101 cm³/mol.